The number of halogens is 2. The van der Waals surface area contributed by atoms with Crippen molar-refractivity contribution >= 4 is 40.6 Å². The molecule has 0 atom stereocenters. The molecule has 2 aromatic rings. The van der Waals surface area contributed by atoms with Crippen molar-refractivity contribution in [3.63, 3.8) is 0 Å². The Kier molecular flexibility index (Phi) is 5.88. The Labute approximate surface area is 130 Å². The monoisotopic (exact) mass is 329 g/mol. The van der Waals surface area contributed by atoms with Gasteiger partial charge in [-0.1, -0.05) is 11.6 Å². The van der Waals surface area contributed by atoms with Gasteiger partial charge in [0.05, 0.1) is 5.56 Å². The Morgan fingerprint density at radius 3 is 2.95 bits per heavy atom. The lowest BCUT2D eigenvalue weighted by Gasteiger charge is -2.06. The molecule has 0 aliphatic carbocycles. The highest BCUT2D eigenvalue weighted by Gasteiger charge is 2.11. The van der Waals surface area contributed by atoms with Gasteiger partial charge in [-0.05, 0) is 40.6 Å². The van der Waals surface area contributed by atoms with E-state index in [1.165, 1.54) is 17.7 Å². The molecule has 0 unspecified atom stereocenters. The highest BCUT2D eigenvalue weighted by Crippen LogP contribution is 2.15. The molecule has 0 spiro atoms. The maximum Gasteiger partial charge on any atom is 0.254 e. The van der Waals surface area contributed by atoms with Crippen LogP contribution in [-0.2, 0) is 5.75 Å². The largest absolute Gasteiger partial charge is 0.351 e. The number of hydrogen-bond acceptors (Lipinski definition) is 3. The number of rotatable bonds is 6. The normalized spacial score (nSPS) is 10.5. The van der Waals surface area contributed by atoms with Gasteiger partial charge in [-0.25, -0.2) is 4.39 Å². The maximum atomic E-state index is 13.5. The molecule has 0 radical (unpaired) electrons. The smallest absolute Gasteiger partial charge is 0.254 e. The Hall–Kier alpha value is -1.04. The molecule has 0 aliphatic heterocycles. The second-order valence-electron chi connectivity index (χ2n) is 4.06. The van der Waals surface area contributed by atoms with Crippen LogP contribution in [-0.4, -0.2) is 18.2 Å². The second kappa shape index (κ2) is 7.67. The average molecular weight is 330 g/mol. The summed E-state index contributed by atoms with van der Waals surface area (Å²) in [6.45, 7) is 0.510. The van der Waals surface area contributed by atoms with E-state index in [0.717, 1.165) is 17.6 Å². The van der Waals surface area contributed by atoms with E-state index in [-0.39, 0.29) is 10.6 Å². The van der Waals surface area contributed by atoms with Gasteiger partial charge >= 0.3 is 0 Å². The second-order valence-corrected chi connectivity index (χ2v) is 6.39. The molecule has 1 amide bonds. The number of thiophene rings is 1. The Bertz CT molecular complexity index is 575. The minimum absolute atomic E-state index is 0.0252. The molecule has 1 N–H and O–H groups in total. The molecular formula is C14H13ClFNOS2. The van der Waals surface area contributed by atoms with Gasteiger partial charge in [-0.2, -0.15) is 23.1 Å². The molecule has 1 aromatic carbocycles. The number of nitrogens with one attached hydrogen (secondary N) is 1. The lowest BCUT2D eigenvalue weighted by Crippen LogP contribution is -2.26. The van der Waals surface area contributed by atoms with E-state index in [9.17, 15) is 9.18 Å². The third kappa shape index (κ3) is 4.51. The summed E-state index contributed by atoms with van der Waals surface area (Å²) >= 11 is 9.05. The summed E-state index contributed by atoms with van der Waals surface area (Å²) in [4.78, 5) is 11.8. The van der Waals surface area contributed by atoms with E-state index < -0.39 is 11.7 Å². The summed E-state index contributed by atoms with van der Waals surface area (Å²) in [5.41, 5.74) is 1.31. The predicted octanol–water partition coefficient (Wildman–Crippen LogP) is 4.20. The van der Waals surface area contributed by atoms with Crippen molar-refractivity contribution in [3.05, 3.63) is 57.0 Å². The molecule has 2 nitrogen and oxygen atoms in total. The van der Waals surface area contributed by atoms with Crippen LogP contribution < -0.4 is 5.32 Å². The fourth-order valence-corrected chi connectivity index (χ4v) is 3.31. The number of carbonyl (C=O) groups excluding carboxylic acids is 1. The summed E-state index contributed by atoms with van der Waals surface area (Å²) in [5.74, 6) is 0.710. The van der Waals surface area contributed by atoms with E-state index in [4.69, 9.17) is 11.6 Å². The van der Waals surface area contributed by atoms with Crippen LogP contribution in [0.4, 0.5) is 4.39 Å². The molecule has 0 saturated carbocycles. The molecule has 0 bridgehead atoms. The molecule has 20 heavy (non-hydrogen) atoms. The number of thioether (sulfide) groups is 1. The van der Waals surface area contributed by atoms with E-state index in [2.05, 4.69) is 16.8 Å². The quantitative estimate of drug-likeness (QED) is 0.805. The molecule has 6 heteroatoms. The van der Waals surface area contributed by atoms with E-state index >= 15 is 0 Å². The van der Waals surface area contributed by atoms with Gasteiger partial charge in [0.15, 0.2) is 0 Å². The topological polar surface area (TPSA) is 29.1 Å². The van der Waals surface area contributed by atoms with Gasteiger partial charge in [0, 0.05) is 23.1 Å². The Morgan fingerprint density at radius 1 is 1.40 bits per heavy atom. The average Bonchev–Trinajstić information content (AvgIpc) is 2.91. The van der Waals surface area contributed by atoms with Crippen LogP contribution in [0, 0.1) is 5.82 Å². The van der Waals surface area contributed by atoms with Crippen molar-refractivity contribution in [1.29, 1.82) is 0 Å². The molecule has 0 fully saturated rings. The number of benzene rings is 1. The van der Waals surface area contributed by atoms with Gasteiger partial charge in [-0.3, -0.25) is 4.79 Å². The van der Waals surface area contributed by atoms with E-state index in [1.807, 2.05) is 5.38 Å². The minimum atomic E-state index is -0.596. The zero-order valence-corrected chi connectivity index (χ0v) is 13.0. The summed E-state index contributed by atoms with van der Waals surface area (Å²) in [6, 6.07) is 6.12. The highest BCUT2D eigenvalue weighted by molar-refractivity contribution is 7.98. The molecule has 106 valence electrons. The van der Waals surface area contributed by atoms with Crippen molar-refractivity contribution in [1.82, 2.24) is 5.32 Å². The zero-order chi connectivity index (χ0) is 14.4. The summed E-state index contributed by atoms with van der Waals surface area (Å²) in [7, 11) is 0. The maximum absolute atomic E-state index is 13.5. The summed E-state index contributed by atoms with van der Waals surface area (Å²) in [6.07, 6.45) is 0. The summed E-state index contributed by atoms with van der Waals surface area (Å²) < 4.78 is 13.5. The van der Waals surface area contributed by atoms with Crippen LogP contribution in [0.1, 0.15) is 15.9 Å². The first kappa shape index (κ1) is 15.4. The first-order valence-electron chi connectivity index (χ1n) is 5.99. The third-order valence-electron chi connectivity index (χ3n) is 2.56. The van der Waals surface area contributed by atoms with Crippen molar-refractivity contribution in [3.8, 4) is 0 Å². The van der Waals surface area contributed by atoms with E-state index in [1.54, 1.807) is 23.1 Å². The van der Waals surface area contributed by atoms with Crippen LogP contribution in [0.2, 0.25) is 5.02 Å². The molecule has 1 aromatic heterocycles. The molecular weight excluding hydrogens is 317 g/mol. The van der Waals surface area contributed by atoms with Gasteiger partial charge < -0.3 is 5.32 Å². The predicted molar refractivity (Wildman–Crippen MR) is 84.2 cm³/mol. The lowest BCUT2D eigenvalue weighted by molar-refractivity contribution is 0.0952. The van der Waals surface area contributed by atoms with Gasteiger partial charge in [0.2, 0.25) is 0 Å². The molecule has 0 saturated heterocycles. The van der Waals surface area contributed by atoms with Gasteiger partial charge in [0.25, 0.3) is 5.91 Å². The SMILES string of the molecule is O=C(NCCSCc1ccsc1)c1ccc(Cl)cc1F. The zero-order valence-electron chi connectivity index (χ0n) is 10.6. The standard InChI is InChI=1S/C14H13ClFNOS2/c15-11-1-2-12(13(16)7-11)14(18)17-4-6-20-9-10-3-5-19-8-10/h1-3,5,7-8H,4,6,9H2,(H,17,18). The van der Waals surface area contributed by atoms with Crippen LogP contribution >= 0.6 is 34.7 Å². The van der Waals surface area contributed by atoms with Crippen LogP contribution in [0.3, 0.4) is 0 Å². The molecule has 2 rings (SSSR count). The first-order chi connectivity index (χ1) is 9.66. The number of carbonyl (C=O) groups is 1. The highest BCUT2D eigenvalue weighted by atomic mass is 35.5. The fraction of sp³-hybridized carbons (Fsp3) is 0.214. The van der Waals surface area contributed by atoms with Crippen LogP contribution in [0.5, 0.6) is 0 Å². The van der Waals surface area contributed by atoms with Crippen molar-refractivity contribution < 1.29 is 9.18 Å². The lowest BCUT2D eigenvalue weighted by atomic mass is 10.2. The van der Waals surface area contributed by atoms with Gasteiger partial charge in [0.1, 0.15) is 5.82 Å². The molecule has 1 heterocycles. The van der Waals surface area contributed by atoms with Gasteiger partial charge in [-0.15, -0.1) is 0 Å². The minimum Gasteiger partial charge on any atom is -0.351 e. The Balaban J connectivity index is 1.72. The van der Waals surface area contributed by atoms with Crippen molar-refractivity contribution in [2.45, 2.75) is 5.75 Å². The van der Waals surface area contributed by atoms with Crippen molar-refractivity contribution in [2.75, 3.05) is 12.3 Å². The molecule has 0 aliphatic rings. The first-order valence-corrected chi connectivity index (χ1v) is 8.46. The fourth-order valence-electron chi connectivity index (χ4n) is 1.57. The van der Waals surface area contributed by atoms with E-state index in [0.29, 0.717) is 6.54 Å². The van der Waals surface area contributed by atoms with Crippen LogP contribution in [0.25, 0.3) is 0 Å². The third-order valence-corrected chi connectivity index (χ3v) is 4.55. The van der Waals surface area contributed by atoms with Crippen molar-refractivity contribution in [2.24, 2.45) is 0 Å². The number of amides is 1. The van der Waals surface area contributed by atoms with Crippen LogP contribution in [0.15, 0.2) is 35.0 Å². The number of hydrogen-bond donors (Lipinski definition) is 1. The Morgan fingerprint density at radius 2 is 2.25 bits per heavy atom. The summed E-state index contributed by atoms with van der Waals surface area (Å²) in [5, 5.41) is 7.13.